The van der Waals surface area contributed by atoms with Crippen LogP contribution in [0.5, 0.6) is 0 Å². The van der Waals surface area contributed by atoms with Gasteiger partial charge < -0.3 is 10.7 Å². The molecular formula is C18H18N4OS. The van der Waals surface area contributed by atoms with E-state index in [0.29, 0.717) is 23.0 Å². The van der Waals surface area contributed by atoms with Gasteiger partial charge >= 0.3 is 0 Å². The van der Waals surface area contributed by atoms with E-state index in [1.807, 2.05) is 54.6 Å². The summed E-state index contributed by atoms with van der Waals surface area (Å²) in [6.45, 7) is 1.72. The van der Waals surface area contributed by atoms with E-state index < -0.39 is 0 Å². The van der Waals surface area contributed by atoms with Gasteiger partial charge in [0.25, 0.3) is 5.91 Å². The third-order valence-electron chi connectivity index (χ3n) is 3.58. The van der Waals surface area contributed by atoms with Crippen molar-refractivity contribution in [3.8, 4) is 0 Å². The lowest BCUT2D eigenvalue weighted by atomic mass is 10.2. The first-order valence-electron chi connectivity index (χ1n) is 7.52. The molecule has 3 aromatic rings. The SMILES string of the molecule is C/C(C(=O)Nc1nc2ccccc2[nH]1)=C(/N)CSc1ccccc1. The van der Waals surface area contributed by atoms with Crippen LogP contribution in [0.1, 0.15) is 6.92 Å². The maximum atomic E-state index is 12.3. The topological polar surface area (TPSA) is 83.8 Å². The molecule has 1 heterocycles. The number of benzene rings is 2. The predicted molar refractivity (Wildman–Crippen MR) is 98.8 cm³/mol. The van der Waals surface area contributed by atoms with E-state index in [2.05, 4.69) is 15.3 Å². The van der Waals surface area contributed by atoms with Crippen LogP contribution in [0.25, 0.3) is 11.0 Å². The Morgan fingerprint density at radius 2 is 1.88 bits per heavy atom. The zero-order chi connectivity index (χ0) is 16.9. The van der Waals surface area contributed by atoms with E-state index in [0.717, 1.165) is 15.9 Å². The van der Waals surface area contributed by atoms with Crippen molar-refractivity contribution in [3.63, 3.8) is 0 Å². The van der Waals surface area contributed by atoms with Gasteiger partial charge in [0, 0.05) is 21.9 Å². The second-order valence-electron chi connectivity index (χ2n) is 5.31. The third-order valence-corrected chi connectivity index (χ3v) is 4.64. The maximum absolute atomic E-state index is 12.3. The number of nitrogens with zero attached hydrogens (tertiary/aromatic N) is 1. The number of para-hydroxylation sites is 2. The number of H-pyrrole nitrogens is 1. The zero-order valence-electron chi connectivity index (χ0n) is 13.2. The third kappa shape index (κ3) is 3.78. The van der Waals surface area contributed by atoms with Gasteiger partial charge in [0.05, 0.1) is 11.0 Å². The minimum absolute atomic E-state index is 0.250. The Hall–Kier alpha value is -2.73. The van der Waals surface area contributed by atoms with Gasteiger partial charge in [-0.2, -0.15) is 0 Å². The number of aromatic nitrogens is 2. The fourth-order valence-corrected chi connectivity index (χ4v) is 3.03. The number of hydrogen-bond donors (Lipinski definition) is 3. The summed E-state index contributed by atoms with van der Waals surface area (Å²) < 4.78 is 0. The van der Waals surface area contributed by atoms with Crippen LogP contribution in [-0.2, 0) is 4.79 Å². The van der Waals surface area contributed by atoms with Gasteiger partial charge in [-0.05, 0) is 31.2 Å². The molecule has 6 heteroatoms. The van der Waals surface area contributed by atoms with Gasteiger partial charge in [-0.25, -0.2) is 4.98 Å². The van der Waals surface area contributed by atoms with E-state index in [1.165, 1.54) is 0 Å². The molecule has 0 unspecified atom stereocenters. The Balaban J connectivity index is 1.66. The summed E-state index contributed by atoms with van der Waals surface area (Å²) in [5.41, 5.74) is 8.80. The molecule has 0 saturated heterocycles. The standard InChI is InChI=1S/C18H18N4OS/c1-12(14(19)11-24-13-7-3-2-4-8-13)17(23)22-18-20-15-9-5-6-10-16(15)21-18/h2-10H,11,19H2,1H3,(H2,20,21,22,23)/b14-12-. The fourth-order valence-electron chi connectivity index (χ4n) is 2.15. The van der Waals surface area contributed by atoms with Gasteiger partial charge in [-0.1, -0.05) is 30.3 Å². The van der Waals surface area contributed by atoms with Crippen molar-refractivity contribution in [2.45, 2.75) is 11.8 Å². The van der Waals surface area contributed by atoms with Crippen LogP contribution in [0, 0.1) is 0 Å². The molecule has 0 aliphatic carbocycles. The lowest BCUT2D eigenvalue weighted by Gasteiger charge is -2.07. The van der Waals surface area contributed by atoms with Crippen LogP contribution in [0.15, 0.2) is 70.8 Å². The van der Waals surface area contributed by atoms with Crippen LogP contribution >= 0.6 is 11.8 Å². The lowest BCUT2D eigenvalue weighted by molar-refractivity contribution is -0.112. The minimum atomic E-state index is -0.250. The lowest BCUT2D eigenvalue weighted by Crippen LogP contribution is -2.18. The smallest absolute Gasteiger partial charge is 0.255 e. The molecule has 0 aliphatic rings. The van der Waals surface area contributed by atoms with E-state index in [4.69, 9.17) is 5.73 Å². The molecule has 0 aliphatic heterocycles. The summed E-state index contributed by atoms with van der Waals surface area (Å²) in [5.74, 6) is 0.730. The van der Waals surface area contributed by atoms with E-state index in [9.17, 15) is 4.79 Å². The number of anilines is 1. The Morgan fingerprint density at radius 3 is 2.62 bits per heavy atom. The highest BCUT2D eigenvalue weighted by molar-refractivity contribution is 7.99. The summed E-state index contributed by atoms with van der Waals surface area (Å²) in [7, 11) is 0. The van der Waals surface area contributed by atoms with Crippen LogP contribution in [0.3, 0.4) is 0 Å². The number of carbonyl (C=O) groups excluding carboxylic acids is 1. The molecule has 0 spiro atoms. The second kappa shape index (κ2) is 7.23. The Labute approximate surface area is 144 Å². The number of rotatable bonds is 5. The normalized spacial score (nSPS) is 12.0. The van der Waals surface area contributed by atoms with Crippen molar-refractivity contribution in [1.82, 2.24) is 9.97 Å². The number of nitrogens with two attached hydrogens (primary N) is 1. The molecule has 0 bridgehead atoms. The molecule has 0 fully saturated rings. The van der Waals surface area contributed by atoms with Gasteiger partial charge in [0.15, 0.2) is 0 Å². The summed E-state index contributed by atoms with van der Waals surface area (Å²) in [6.07, 6.45) is 0. The molecule has 2 aromatic carbocycles. The van der Waals surface area contributed by atoms with E-state index in [1.54, 1.807) is 18.7 Å². The number of nitrogens with one attached hydrogen (secondary N) is 2. The highest BCUT2D eigenvalue weighted by Crippen LogP contribution is 2.20. The molecule has 0 radical (unpaired) electrons. The first kappa shape index (κ1) is 16.1. The molecule has 0 saturated carbocycles. The average Bonchev–Trinajstić information content (AvgIpc) is 3.02. The number of hydrogen-bond acceptors (Lipinski definition) is 4. The number of amides is 1. The summed E-state index contributed by atoms with van der Waals surface area (Å²) in [4.78, 5) is 20.8. The highest BCUT2D eigenvalue weighted by atomic mass is 32.2. The van der Waals surface area contributed by atoms with Crippen molar-refractivity contribution in [2.75, 3.05) is 11.1 Å². The van der Waals surface area contributed by atoms with Gasteiger partial charge in [0.1, 0.15) is 0 Å². The van der Waals surface area contributed by atoms with Crippen molar-refractivity contribution in [3.05, 3.63) is 65.9 Å². The van der Waals surface area contributed by atoms with Gasteiger partial charge in [-0.3, -0.25) is 10.1 Å². The summed E-state index contributed by atoms with van der Waals surface area (Å²) in [6, 6.07) is 17.6. The number of imidazole rings is 1. The summed E-state index contributed by atoms with van der Waals surface area (Å²) >= 11 is 1.60. The van der Waals surface area contributed by atoms with Crippen LogP contribution in [-0.4, -0.2) is 21.6 Å². The monoisotopic (exact) mass is 338 g/mol. The second-order valence-corrected chi connectivity index (χ2v) is 6.36. The van der Waals surface area contributed by atoms with Gasteiger partial charge in [-0.15, -0.1) is 11.8 Å². The Kier molecular flexibility index (Phi) is 4.86. The number of thioether (sulfide) groups is 1. The molecule has 122 valence electrons. The number of aromatic amines is 1. The van der Waals surface area contributed by atoms with Gasteiger partial charge in [0.2, 0.25) is 5.95 Å². The Morgan fingerprint density at radius 1 is 1.17 bits per heavy atom. The minimum Gasteiger partial charge on any atom is -0.401 e. The fraction of sp³-hybridized carbons (Fsp3) is 0.111. The molecule has 3 rings (SSSR count). The van der Waals surface area contributed by atoms with E-state index in [-0.39, 0.29) is 5.91 Å². The van der Waals surface area contributed by atoms with E-state index >= 15 is 0 Å². The molecule has 1 amide bonds. The number of carbonyl (C=O) groups is 1. The molecule has 4 N–H and O–H groups in total. The molecular weight excluding hydrogens is 320 g/mol. The number of fused-ring (bicyclic) bond motifs is 1. The predicted octanol–water partition coefficient (Wildman–Crippen LogP) is 3.53. The Bertz CT molecular complexity index is 853. The van der Waals surface area contributed by atoms with Crippen molar-refractivity contribution in [1.29, 1.82) is 0 Å². The highest BCUT2D eigenvalue weighted by Gasteiger charge is 2.11. The first-order chi connectivity index (χ1) is 11.6. The largest absolute Gasteiger partial charge is 0.401 e. The van der Waals surface area contributed by atoms with Crippen LogP contribution in [0.4, 0.5) is 5.95 Å². The molecule has 24 heavy (non-hydrogen) atoms. The van der Waals surface area contributed by atoms with Crippen molar-refractivity contribution in [2.24, 2.45) is 5.73 Å². The van der Waals surface area contributed by atoms with Crippen molar-refractivity contribution < 1.29 is 4.79 Å². The van der Waals surface area contributed by atoms with Crippen LogP contribution in [0.2, 0.25) is 0 Å². The van der Waals surface area contributed by atoms with Crippen LogP contribution < -0.4 is 11.1 Å². The van der Waals surface area contributed by atoms with Crippen molar-refractivity contribution >= 4 is 34.7 Å². The molecule has 1 aromatic heterocycles. The average molecular weight is 338 g/mol. The summed E-state index contributed by atoms with van der Waals surface area (Å²) in [5, 5.41) is 2.76. The zero-order valence-corrected chi connectivity index (χ0v) is 14.1. The first-order valence-corrected chi connectivity index (χ1v) is 8.51. The molecule has 0 atom stereocenters. The molecule has 5 nitrogen and oxygen atoms in total. The quantitative estimate of drug-likeness (QED) is 0.491. The maximum Gasteiger partial charge on any atom is 0.255 e.